The van der Waals surface area contributed by atoms with E-state index in [1.807, 2.05) is 60.0 Å². The maximum atomic E-state index is 12.5. The molecule has 0 radical (unpaired) electrons. The molecule has 1 aliphatic heterocycles. The molecule has 0 saturated carbocycles. The van der Waals surface area contributed by atoms with Gasteiger partial charge in [-0.3, -0.25) is 9.59 Å². The van der Waals surface area contributed by atoms with Crippen LogP contribution >= 0.6 is 0 Å². The standard InChI is InChI=1S/C17H25N3O2/c1-14-5-4-6-15(13-14)17(22)20-11-9-19(10-12-20)16(21)7-8-18(2)3/h4-6,13H,7-12H2,1-3H3. The van der Waals surface area contributed by atoms with Crippen LogP contribution in [0.25, 0.3) is 0 Å². The van der Waals surface area contributed by atoms with Crippen LogP contribution in [0.15, 0.2) is 24.3 Å². The highest BCUT2D eigenvalue weighted by Gasteiger charge is 2.24. The third-order valence-corrected chi connectivity index (χ3v) is 3.96. The van der Waals surface area contributed by atoms with Gasteiger partial charge in [0.2, 0.25) is 5.91 Å². The van der Waals surface area contributed by atoms with Gasteiger partial charge in [0.15, 0.2) is 0 Å². The maximum Gasteiger partial charge on any atom is 0.253 e. The topological polar surface area (TPSA) is 43.9 Å². The van der Waals surface area contributed by atoms with E-state index in [9.17, 15) is 9.59 Å². The second-order valence-corrected chi connectivity index (χ2v) is 6.10. The van der Waals surface area contributed by atoms with Crippen molar-refractivity contribution in [2.45, 2.75) is 13.3 Å². The van der Waals surface area contributed by atoms with Gasteiger partial charge in [0, 0.05) is 44.7 Å². The molecule has 5 heteroatoms. The lowest BCUT2D eigenvalue weighted by atomic mass is 10.1. The van der Waals surface area contributed by atoms with E-state index < -0.39 is 0 Å². The van der Waals surface area contributed by atoms with Crippen LogP contribution < -0.4 is 0 Å². The molecular formula is C17H25N3O2. The first kappa shape index (κ1) is 16.5. The summed E-state index contributed by atoms with van der Waals surface area (Å²) >= 11 is 0. The van der Waals surface area contributed by atoms with E-state index in [1.165, 1.54) is 0 Å². The molecule has 0 spiro atoms. The van der Waals surface area contributed by atoms with Crippen LogP contribution in [-0.4, -0.2) is 73.3 Å². The molecule has 1 heterocycles. The fourth-order valence-corrected chi connectivity index (χ4v) is 2.60. The lowest BCUT2D eigenvalue weighted by Crippen LogP contribution is -2.50. The second-order valence-electron chi connectivity index (χ2n) is 6.10. The Morgan fingerprint density at radius 3 is 2.32 bits per heavy atom. The quantitative estimate of drug-likeness (QED) is 0.840. The number of carbonyl (C=O) groups is 2. The van der Waals surface area contributed by atoms with Crippen molar-refractivity contribution in [1.29, 1.82) is 0 Å². The summed E-state index contributed by atoms with van der Waals surface area (Å²) in [6.07, 6.45) is 0.541. The van der Waals surface area contributed by atoms with E-state index in [4.69, 9.17) is 0 Å². The Hall–Kier alpha value is -1.88. The second kappa shape index (κ2) is 7.40. The number of hydrogen-bond acceptors (Lipinski definition) is 3. The lowest BCUT2D eigenvalue weighted by Gasteiger charge is -2.35. The number of piperazine rings is 1. The first-order chi connectivity index (χ1) is 10.5. The molecule has 0 aliphatic carbocycles. The van der Waals surface area contributed by atoms with Gasteiger partial charge in [-0.1, -0.05) is 17.7 Å². The molecule has 0 aromatic heterocycles. The van der Waals surface area contributed by atoms with Gasteiger partial charge in [0.05, 0.1) is 0 Å². The number of nitrogens with zero attached hydrogens (tertiary/aromatic N) is 3. The molecule has 5 nitrogen and oxygen atoms in total. The van der Waals surface area contributed by atoms with Gasteiger partial charge in [0.25, 0.3) is 5.91 Å². The number of hydrogen-bond donors (Lipinski definition) is 0. The maximum absolute atomic E-state index is 12.5. The van der Waals surface area contributed by atoms with E-state index >= 15 is 0 Å². The van der Waals surface area contributed by atoms with Gasteiger partial charge in [-0.15, -0.1) is 0 Å². The fraction of sp³-hybridized carbons (Fsp3) is 0.529. The van der Waals surface area contributed by atoms with Crippen molar-refractivity contribution in [2.75, 3.05) is 46.8 Å². The zero-order valence-electron chi connectivity index (χ0n) is 13.7. The smallest absolute Gasteiger partial charge is 0.253 e. The van der Waals surface area contributed by atoms with Gasteiger partial charge < -0.3 is 14.7 Å². The molecule has 1 saturated heterocycles. The summed E-state index contributed by atoms with van der Waals surface area (Å²) in [5, 5.41) is 0. The molecule has 2 rings (SSSR count). The third-order valence-electron chi connectivity index (χ3n) is 3.96. The third kappa shape index (κ3) is 4.31. The van der Waals surface area contributed by atoms with Gasteiger partial charge in [-0.25, -0.2) is 0 Å². The predicted molar refractivity (Wildman–Crippen MR) is 86.8 cm³/mol. The van der Waals surface area contributed by atoms with Gasteiger partial charge >= 0.3 is 0 Å². The van der Waals surface area contributed by atoms with Crippen molar-refractivity contribution in [1.82, 2.24) is 14.7 Å². The molecule has 1 fully saturated rings. The summed E-state index contributed by atoms with van der Waals surface area (Å²) in [4.78, 5) is 30.3. The van der Waals surface area contributed by atoms with E-state index in [0.29, 0.717) is 32.6 Å². The minimum absolute atomic E-state index is 0.0593. The highest BCUT2D eigenvalue weighted by molar-refractivity contribution is 5.94. The van der Waals surface area contributed by atoms with Crippen molar-refractivity contribution < 1.29 is 9.59 Å². The SMILES string of the molecule is Cc1cccc(C(=O)N2CCN(C(=O)CCN(C)C)CC2)c1. The highest BCUT2D eigenvalue weighted by Crippen LogP contribution is 2.11. The summed E-state index contributed by atoms with van der Waals surface area (Å²) in [5.74, 6) is 0.237. The zero-order chi connectivity index (χ0) is 16.1. The molecular weight excluding hydrogens is 278 g/mol. The Kier molecular flexibility index (Phi) is 5.55. The Morgan fingerprint density at radius 2 is 1.73 bits per heavy atom. The number of aryl methyl sites for hydroxylation is 1. The van der Waals surface area contributed by atoms with Crippen LogP contribution in [0.4, 0.5) is 0 Å². The Morgan fingerprint density at radius 1 is 1.09 bits per heavy atom. The summed E-state index contributed by atoms with van der Waals surface area (Å²) in [7, 11) is 3.93. The number of carbonyl (C=O) groups excluding carboxylic acids is 2. The van der Waals surface area contributed by atoms with Crippen molar-refractivity contribution >= 4 is 11.8 Å². The summed E-state index contributed by atoms with van der Waals surface area (Å²) < 4.78 is 0. The van der Waals surface area contributed by atoms with Crippen molar-refractivity contribution in [2.24, 2.45) is 0 Å². The summed E-state index contributed by atoms with van der Waals surface area (Å²) in [5.41, 5.74) is 1.82. The normalized spacial score (nSPS) is 15.3. The van der Waals surface area contributed by atoms with Gasteiger partial charge in [-0.2, -0.15) is 0 Å². The molecule has 0 N–H and O–H groups in total. The van der Waals surface area contributed by atoms with Crippen molar-refractivity contribution in [3.63, 3.8) is 0 Å². The van der Waals surface area contributed by atoms with Crippen LogP contribution in [0.1, 0.15) is 22.3 Å². The first-order valence-corrected chi connectivity index (χ1v) is 7.76. The van der Waals surface area contributed by atoms with E-state index in [1.54, 1.807) is 0 Å². The molecule has 1 aromatic rings. The number of amides is 2. The molecule has 22 heavy (non-hydrogen) atoms. The Bertz CT molecular complexity index is 534. The predicted octanol–water partition coefficient (Wildman–Crippen LogP) is 1.23. The average molecular weight is 303 g/mol. The van der Waals surface area contributed by atoms with E-state index in [0.717, 1.165) is 17.7 Å². The summed E-state index contributed by atoms with van der Waals surface area (Å²) in [6, 6.07) is 7.66. The molecule has 1 aliphatic rings. The van der Waals surface area contributed by atoms with Crippen LogP contribution in [-0.2, 0) is 4.79 Å². The molecule has 1 aromatic carbocycles. The fourth-order valence-electron chi connectivity index (χ4n) is 2.60. The minimum Gasteiger partial charge on any atom is -0.339 e. The van der Waals surface area contributed by atoms with Crippen molar-refractivity contribution in [3.05, 3.63) is 35.4 Å². The number of benzene rings is 1. The van der Waals surface area contributed by atoms with Gasteiger partial charge in [-0.05, 0) is 33.2 Å². The average Bonchev–Trinajstić information content (AvgIpc) is 2.52. The van der Waals surface area contributed by atoms with Crippen molar-refractivity contribution in [3.8, 4) is 0 Å². The van der Waals surface area contributed by atoms with Crippen LogP contribution in [0.3, 0.4) is 0 Å². The van der Waals surface area contributed by atoms with E-state index in [-0.39, 0.29) is 11.8 Å². The Labute approximate surface area is 132 Å². The molecule has 0 bridgehead atoms. The van der Waals surface area contributed by atoms with Crippen LogP contribution in [0.2, 0.25) is 0 Å². The minimum atomic E-state index is 0.0593. The Balaban J connectivity index is 1.86. The molecule has 120 valence electrons. The number of rotatable bonds is 4. The van der Waals surface area contributed by atoms with E-state index in [2.05, 4.69) is 0 Å². The van der Waals surface area contributed by atoms with Crippen LogP contribution in [0.5, 0.6) is 0 Å². The zero-order valence-corrected chi connectivity index (χ0v) is 13.7. The lowest BCUT2D eigenvalue weighted by molar-refractivity contribution is -0.132. The van der Waals surface area contributed by atoms with Gasteiger partial charge in [0.1, 0.15) is 0 Å². The largest absolute Gasteiger partial charge is 0.339 e. The highest BCUT2D eigenvalue weighted by atomic mass is 16.2. The van der Waals surface area contributed by atoms with Crippen LogP contribution in [0, 0.1) is 6.92 Å². The molecule has 2 amide bonds. The first-order valence-electron chi connectivity index (χ1n) is 7.76. The molecule has 0 atom stereocenters. The summed E-state index contributed by atoms with van der Waals surface area (Å²) in [6.45, 7) is 5.23. The monoisotopic (exact) mass is 303 g/mol. The molecule has 0 unspecified atom stereocenters.